The molecule has 1 amide bonds. The highest BCUT2D eigenvalue weighted by Crippen LogP contribution is 2.37. The van der Waals surface area contributed by atoms with E-state index in [2.05, 4.69) is 0 Å². The maximum Gasteiger partial charge on any atom is 0.405 e. The molecule has 0 aliphatic carbocycles. The lowest BCUT2D eigenvalue weighted by molar-refractivity contribution is -0.385. The Labute approximate surface area is 155 Å². The SMILES string of the molecule is COc1cc(C(=O)NCC(F)(F)F)ccc1Oc1ccc(Cl)cc1[N+](=O)[O-]. The van der Waals surface area contributed by atoms with Crippen LogP contribution in [0.4, 0.5) is 18.9 Å². The quantitative estimate of drug-likeness (QED) is 0.571. The van der Waals surface area contributed by atoms with Gasteiger partial charge in [0.1, 0.15) is 6.54 Å². The molecule has 0 aliphatic rings. The molecule has 2 aromatic rings. The number of alkyl halides is 3. The zero-order valence-corrected chi connectivity index (χ0v) is 14.4. The zero-order valence-electron chi connectivity index (χ0n) is 13.7. The molecule has 144 valence electrons. The Morgan fingerprint density at radius 3 is 2.44 bits per heavy atom. The summed E-state index contributed by atoms with van der Waals surface area (Å²) in [5.74, 6) is -1.07. The molecule has 2 rings (SSSR count). The van der Waals surface area contributed by atoms with E-state index in [1.165, 1.54) is 31.4 Å². The van der Waals surface area contributed by atoms with Crippen molar-refractivity contribution >= 4 is 23.2 Å². The molecule has 0 unspecified atom stereocenters. The molecule has 0 atom stereocenters. The van der Waals surface area contributed by atoms with E-state index < -0.39 is 29.2 Å². The molecule has 0 aliphatic heterocycles. The summed E-state index contributed by atoms with van der Waals surface area (Å²) in [6.45, 7) is -1.48. The molecular weight excluding hydrogens is 393 g/mol. The molecule has 0 saturated carbocycles. The second-order valence-electron chi connectivity index (χ2n) is 5.13. The van der Waals surface area contributed by atoms with E-state index in [-0.39, 0.29) is 27.8 Å². The first kappa shape index (κ1) is 20.3. The summed E-state index contributed by atoms with van der Waals surface area (Å²) in [5.41, 5.74) is -0.495. The van der Waals surface area contributed by atoms with Gasteiger partial charge in [0.25, 0.3) is 5.91 Å². The maximum absolute atomic E-state index is 12.2. The van der Waals surface area contributed by atoms with Gasteiger partial charge in [-0.2, -0.15) is 13.2 Å². The van der Waals surface area contributed by atoms with E-state index in [9.17, 15) is 28.1 Å². The van der Waals surface area contributed by atoms with Crippen molar-refractivity contribution in [3.8, 4) is 17.2 Å². The van der Waals surface area contributed by atoms with Crippen molar-refractivity contribution in [1.29, 1.82) is 0 Å². The first-order chi connectivity index (χ1) is 12.6. The molecular formula is C16H12ClF3N2O5. The van der Waals surface area contributed by atoms with Crippen LogP contribution in [0.2, 0.25) is 5.02 Å². The van der Waals surface area contributed by atoms with Crippen LogP contribution in [0.15, 0.2) is 36.4 Å². The second kappa shape index (κ2) is 8.12. The Balaban J connectivity index is 2.27. The first-order valence-electron chi connectivity index (χ1n) is 7.25. The smallest absolute Gasteiger partial charge is 0.405 e. The van der Waals surface area contributed by atoms with Gasteiger partial charge in [0.05, 0.1) is 12.0 Å². The molecule has 7 nitrogen and oxygen atoms in total. The number of ether oxygens (including phenoxy) is 2. The van der Waals surface area contributed by atoms with Gasteiger partial charge in [0.2, 0.25) is 5.75 Å². The minimum atomic E-state index is -4.55. The molecule has 0 bridgehead atoms. The standard InChI is InChI=1S/C16H12ClF3N2O5/c1-26-14-6-9(15(23)21-8-16(18,19)20)2-4-13(14)27-12-5-3-10(17)7-11(12)22(24)25/h2-7H,8H2,1H3,(H,21,23). The van der Waals surface area contributed by atoms with Crippen molar-refractivity contribution in [2.24, 2.45) is 0 Å². The molecule has 0 saturated heterocycles. The third-order valence-electron chi connectivity index (χ3n) is 3.21. The van der Waals surface area contributed by atoms with Crippen LogP contribution in [0.3, 0.4) is 0 Å². The Hall–Kier alpha value is -3.01. The molecule has 0 heterocycles. The number of halogens is 4. The number of carbonyl (C=O) groups is 1. The molecule has 0 aromatic heterocycles. The van der Waals surface area contributed by atoms with Crippen LogP contribution in [0.5, 0.6) is 17.2 Å². The molecule has 2 aromatic carbocycles. The van der Waals surface area contributed by atoms with E-state index >= 15 is 0 Å². The number of benzene rings is 2. The third-order valence-corrected chi connectivity index (χ3v) is 3.45. The van der Waals surface area contributed by atoms with Gasteiger partial charge in [-0.05, 0) is 30.3 Å². The number of hydrogen-bond acceptors (Lipinski definition) is 5. The summed E-state index contributed by atoms with van der Waals surface area (Å²) in [7, 11) is 1.25. The number of nitrogens with zero attached hydrogens (tertiary/aromatic N) is 1. The van der Waals surface area contributed by atoms with Crippen molar-refractivity contribution in [2.75, 3.05) is 13.7 Å². The number of nitrogens with one attached hydrogen (secondary N) is 1. The predicted octanol–water partition coefficient (Wildman–Crippen LogP) is 4.34. The zero-order chi connectivity index (χ0) is 20.2. The van der Waals surface area contributed by atoms with E-state index in [1.807, 2.05) is 0 Å². The molecule has 0 fully saturated rings. The lowest BCUT2D eigenvalue weighted by atomic mass is 10.2. The monoisotopic (exact) mass is 404 g/mol. The van der Waals surface area contributed by atoms with Gasteiger partial charge in [0, 0.05) is 16.7 Å². The summed E-state index contributed by atoms with van der Waals surface area (Å²) in [6.07, 6.45) is -4.55. The summed E-state index contributed by atoms with van der Waals surface area (Å²) in [4.78, 5) is 22.2. The van der Waals surface area contributed by atoms with E-state index in [4.69, 9.17) is 21.1 Å². The highest BCUT2D eigenvalue weighted by atomic mass is 35.5. The molecule has 0 radical (unpaired) electrons. The van der Waals surface area contributed by atoms with Crippen molar-refractivity contribution in [3.05, 3.63) is 57.1 Å². The molecule has 0 spiro atoms. The van der Waals surface area contributed by atoms with Gasteiger partial charge in [-0.15, -0.1) is 0 Å². The Kier molecular flexibility index (Phi) is 6.11. The average Bonchev–Trinajstić information content (AvgIpc) is 2.60. The van der Waals surface area contributed by atoms with Gasteiger partial charge in [-0.25, -0.2) is 0 Å². The van der Waals surface area contributed by atoms with Crippen molar-refractivity contribution in [1.82, 2.24) is 5.32 Å². The van der Waals surface area contributed by atoms with Crippen LogP contribution in [0.25, 0.3) is 0 Å². The normalized spacial score (nSPS) is 11.0. The number of carbonyl (C=O) groups excluding carboxylic acids is 1. The number of rotatable bonds is 6. The van der Waals surface area contributed by atoms with Gasteiger partial charge >= 0.3 is 11.9 Å². The Morgan fingerprint density at radius 1 is 1.19 bits per heavy atom. The fraction of sp³-hybridized carbons (Fsp3) is 0.188. The van der Waals surface area contributed by atoms with E-state index in [0.717, 1.165) is 12.1 Å². The second-order valence-corrected chi connectivity index (χ2v) is 5.57. The number of nitro benzene ring substituents is 1. The van der Waals surface area contributed by atoms with Gasteiger partial charge in [-0.3, -0.25) is 14.9 Å². The predicted molar refractivity (Wildman–Crippen MR) is 89.6 cm³/mol. The Morgan fingerprint density at radius 2 is 1.85 bits per heavy atom. The van der Waals surface area contributed by atoms with Gasteiger partial charge in [0.15, 0.2) is 11.5 Å². The fourth-order valence-electron chi connectivity index (χ4n) is 2.01. The van der Waals surface area contributed by atoms with Crippen LogP contribution in [0.1, 0.15) is 10.4 Å². The summed E-state index contributed by atoms with van der Waals surface area (Å²) in [6, 6.07) is 7.37. The summed E-state index contributed by atoms with van der Waals surface area (Å²) < 4.78 is 47.1. The van der Waals surface area contributed by atoms with Gasteiger partial charge < -0.3 is 14.8 Å². The van der Waals surface area contributed by atoms with Crippen LogP contribution in [0, 0.1) is 10.1 Å². The maximum atomic E-state index is 12.2. The van der Waals surface area contributed by atoms with Crippen LogP contribution < -0.4 is 14.8 Å². The lowest BCUT2D eigenvalue weighted by Gasteiger charge is -2.13. The summed E-state index contributed by atoms with van der Waals surface area (Å²) in [5, 5.41) is 13.0. The van der Waals surface area contributed by atoms with E-state index in [1.54, 1.807) is 5.32 Å². The number of methoxy groups -OCH3 is 1. The van der Waals surface area contributed by atoms with Crippen LogP contribution in [-0.4, -0.2) is 30.7 Å². The number of hydrogen-bond donors (Lipinski definition) is 1. The van der Waals surface area contributed by atoms with Gasteiger partial charge in [-0.1, -0.05) is 11.6 Å². The van der Waals surface area contributed by atoms with Crippen LogP contribution >= 0.6 is 11.6 Å². The minimum Gasteiger partial charge on any atom is -0.493 e. The van der Waals surface area contributed by atoms with Crippen molar-refractivity contribution in [3.63, 3.8) is 0 Å². The van der Waals surface area contributed by atoms with Crippen molar-refractivity contribution < 1.29 is 32.4 Å². The molecule has 11 heteroatoms. The van der Waals surface area contributed by atoms with Crippen LogP contribution in [-0.2, 0) is 0 Å². The highest BCUT2D eigenvalue weighted by molar-refractivity contribution is 6.30. The average molecular weight is 405 g/mol. The Bertz CT molecular complexity index is 874. The molecule has 27 heavy (non-hydrogen) atoms. The number of amides is 1. The minimum absolute atomic E-state index is 0.00101. The topological polar surface area (TPSA) is 90.7 Å². The third kappa shape index (κ3) is 5.48. The lowest BCUT2D eigenvalue weighted by Crippen LogP contribution is -2.33. The fourth-order valence-corrected chi connectivity index (χ4v) is 2.18. The van der Waals surface area contributed by atoms with E-state index in [0.29, 0.717) is 0 Å². The van der Waals surface area contributed by atoms with Crippen molar-refractivity contribution in [2.45, 2.75) is 6.18 Å². The molecule has 1 N–H and O–H groups in total. The largest absolute Gasteiger partial charge is 0.493 e. The first-order valence-corrected chi connectivity index (χ1v) is 7.63. The summed E-state index contributed by atoms with van der Waals surface area (Å²) >= 11 is 5.73. The highest BCUT2D eigenvalue weighted by Gasteiger charge is 2.28. The number of nitro groups is 1.